The van der Waals surface area contributed by atoms with Gasteiger partial charge in [0.05, 0.1) is 11.8 Å². The molecule has 5 aromatic carbocycles. The van der Waals surface area contributed by atoms with Crippen LogP contribution in [0, 0.1) is 0 Å². The predicted molar refractivity (Wildman–Crippen MR) is 168 cm³/mol. The molecule has 2 aliphatic heterocycles. The van der Waals surface area contributed by atoms with Crippen molar-refractivity contribution in [3.8, 4) is 11.1 Å². The molecular weight excluding hydrogens is 486 g/mol. The Kier molecular flexibility index (Phi) is 6.39. The Labute approximate surface area is 235 Å². The molecule has 1 atom stereocenters. The Morgan fingerprint density at radius 3 is 2.17 bits per heavy atom. The maximum Gasteiger partial charge on any atom is 0.155 e. The summed E-state index contributed by atoms with van der Waals surface area (Å²) in [6.45, 7) is 0.869. The van der Waals surface area contributed by atoms with Crippen LogP contribution in [-0.2, 0) is 0 Å². The minimum Gasteiger partial charge on any atom is -0.381 e. The molecule has 0 amide bonds. The lowest BCUT2D eigenvalue weighted by Gasteiger charge is -2.21. The summed E-state index contributed by atoms with van der Waals surface area (Å²) in [6, 6.07) is 43.0. The Hall–Kier alpha value is -5.02. The van der Waals surface area contributed by atoms with E-state index in [0.29, 0.717) is 0 Å². The van der Waals surface area contributed by atoms with Gasteiger partial charge in [0.2, 0.25) is 0 Å². The maximum absolute atomic E-state index is 5.15. The minimum atomic E-state index is 0.0358. The monoisotopic (exact) mass is 515 g/mol. The van der Waals surface area contributed by atoms with Gasteiger partial charge in [-0.15, -0.1) is 0 Å². The number of aliphatic imine (C=N–C) groups is 2. The smallest absolute Gasteiger partial charge is 0.155 e. The third-order valence-corrected chi connectivity index (χ3v) is 7.65. The van der Waals surface area contributed by atoms with Gasteiger partial charge in [-0.25, -0.2) is 4.99 Å². The number of hydrogen-bond donors (Lipinski definition) is 1. The molecule has 0 spiro atoms. The molecule has 2 heterocycles. The van der Waals surface area contributed by atoms with Crippen LogP contribution in [0.2, 0.25) is 0 Å². The van der Waals surface area contributed by atoms with Crippen molar-refractivity contribution in [3.63, 3.8) is 0 Å². The summed E-state index contributed by atoms with van der Waals surface area (Å²) in [5.74, 6) is 0.790. The fourth-order valence-corrected chi connectivity index (χ4v) is 5.56. The summed E-state index contributed by atoms with van der Waals surface area (Å²) in [5.41, 5.74) is 9.27. The Morgan fingerprint density at radius 1 is 0.650 bits per heavy atom. The van der Waals surface area contributed by atoms with E-state index in [-0.39, 0.29) is 6.04 Å². The number of allylic oxidation sites excluding steroid dienone is 2. The summed E-state index contributed by atoms with van der Waals surface area (Å²) < 4.78 is 0. The molecule has 0 aliphatic carbocycles. The van der Waals surface area contributed by atoms with Gasteiger partial charge in [-0.2, -0.15) is 0 Å². The van der Waals surface area contributed by atoms with Gasteiger partial charge in [0.25, 0.3) is 0 Å². The number of hydrogen-bond acceptors (Lipinski definition) is 3. The average molecular weight is 516 g/mol. The van der Waals surface area contributed by atoms with E-state index in [1.807, 2.05) is 6.07 Å². The molecule has 40 heavy (non-hydrogen) atoms. The lowest BCUT2D eigenvalue weighted by Crippen LogP contribution is -2.17. The van der Waals surface area contributed by atoms with Crippen LogP contribution in [0.25, 0.3) is 27.6 Å². The molecule has 3 heteroatoms. The number of nitrogens with zero attached hydrogens (tertiary/aromatic N) is 2. The number of nitrogens with one attached hydrogen (secondary N) is 1. The molecule has 0 aromatic heterocycles. The molecular formula is C37H29N3. The number of rotatable bonds is 5. The highest BCUT2D eigenvalue weighted by Gasteiger charge is 2.22. The molecule has 5 aromatic rings. The zero-order valence-corrected chi connectivity index (χ0v) is 22.2. The number of fused-ring (bicyclic) bond motifs is 1. The largest absolute Gasteiger partial charge is 0.381 e. The first-order valence-electron chi connectivity index (χ1n) is 13.8. The molecule has 192 valence electrons. The molecule has 0 saturated heterocycles. The zero-order chi connectivity index (χ0) is 26.7. The fraction of sp³-hybridized carbons (Fsp3) is 0.0811. The summed E-state index contributed by atoms with van der Waals surface area (Å²) in [4.78, 5) is 10.2. The Bertz CT molecular complexity index is 1790. The molecule has 0 fully saturated rings. The van der Waals surface area contributed by atoms with Crippen LogP contribution in [0.5, 0.6) is 0 Å². The second-order valence-corrected chi connectivity index (χ2v) is 10.2. The van der Waals surface area contributed by atoms with Gasteiger partial charge < -0.3 is 5.32 Å². The van der Waals surface area contributed by atoms with E-state index in [1.54, 1.807) is 0 Å². The van der Waals surface area contributed by atoms with Gasteiger partial charge >= 0.3 is 0 Å². The van der Waals surface area contributed by atoms with E-state index in [0.717, 1.165) is 41.3 Å². The van der Waals surface area contributed by atoms with E-state index in [1.165, 1.54) is 33.0 Å². The first kappa shape index (κ1) is 24.1. The van der Waals surface area contributed by atoms with Crippen molar-refractivity contribution in [1.29, 1.82) is 0 Å². The van der Waals surface area contributed by atoms with Gasteiger partial charge in [-0.3, -0.25) is 4.99 Å². The summed E-state index contributed by atoms with van der Waals surface area (Å²) in [5, 5.41) is 5.85. The van der Waals surface area contributed by atoms with Gasteiger partial charge in [-0.05, 0) is 50.7 Å². The third-order valence-electron chi connectivity index (χ3n) is 7.65. The lowest BCUT2D eigenvalue weighted by atomic mass is 9.94. The molecule has 7 rings (SSSR count). The minimum absolute atomic E-state index is 0.0358. The van der Waals surface area contributed by atoms with Crippen molar-refractivity contribution in [3.05, 3.63) is 162 Å². The Morgan fingerprint density at radius 2 is 1.40 bits per heavy atom. The molecule has 0 radical (unpaired) electrons. The van der Waals surface area contributed by atoms with Gasteiger partial charge in [0.1, 0.15) is 0 Å². The average Bonchev–Trinajstić information content (AvgIpc) is 3.05. The van der Waals surface area contributed by atoms with Crippen molar-refractivity contribution >= 4 is 28.0 Å². The van der Waals surface area contributed by atoms with Crippen molar-refractivity contribution in [2.45, 2.75) is 12.5 Å². The van der Waals surface area contributed by atoms with E-state index < -0.39 is 0 Å². The maximum atomic E-state index is 5.15. The summed E-state index contributed by atoms with van der Waals surface area (Å²) in [7, 11) is 0. The van der Waals surface area contributed by atoms with E-state index in [9.17, 15) is 0 Å². The topological polar surface area (TPSA) is 36.8 Å². The van der Waals surface area contributed by atoms with Gasteiger partial charge in [0.15, 0.2) is 5.84 Å². The van der Waals surface area contributed by atoms with Crippen LogP contribution in [0.15, 0.2) is 150 Å². The van der Waals surface area contributed by atoms with Crippen LogP contribution in [0.1, 0.15) is 34.7 Å². The molecule has 2 aliphatic rings. The SMILES string of the molecule is C1=CCNC(c2ccc(-c3cccc4cc(C5=N[C@@H](c6ccccc6)CC(c6ccccc6)=N5)ccc34)cc2)=C1. The van der Waals surface area contributed by atoms with Crippen LogP contribution < -0.4 is 5.32 Å². The van der Waals surface area contributed by atoms with Crippen molar-refractivity contribution in [2.75, 3.05) is 6.54 Å². The van der Waals surface area contributed by atoms with Gasteiger partial charge in [-0.1, -0.05) is 127 Å². The quantitative estimate of drug-likeness (QED) is 0.251. The second-order valence-electron chi connectivity index (χ2n) is 10.2. The van der Waals surface area contributed by atoms with E-state index in [4.69, 9.17) is 9.98 Å². The number of dihydropyridines is 1. The number of benzene rings is 5. The standard InChI is InChI=1S/C37H29N3/c1-3-10-27(11-4-1)35-25-36(28-12-5-2-6-13-28)40-37(39-35)31-21-22-33-30(24-31)14-9-15-32(33)26-17-19-29(20-18-26)34-16-7-8-23-38-34/h1-22,24,35,38H,23,25H2/t35-/m1/s1. The van der Waals surface area contributed by atoms with Crippen molar-refractivity contribution in [2.24, 2.45) is 9.98 Å². The number of amidine groups is 1. The highest BCUT2D eigenvalue weighted by molar-refractivity contribution is 6.15. The first-order valence-corrected chi connectivity index (χ1v) is 13.8. The fourth-order valence-electron chi connectivity index (χ4n) is 5.56. The van der Waals surface area contributed by atoms with Crippen molar-refractivity contribution < 1.29 is 0 Å². The Balaban J connectivity index is 1.26. The molecule has 3 nitrogen and oxygen atoms in total. The highest BCUT2D eigenvalue weighted by Crippen LogP contribution is 2.33. The molecule has 0 saturated carbocycles. The molecule has 0 unspecified atom stereocenters. The van der Waals surface area contributed by atoms with Gasteiger partial charge in [0, 0.05) is 24.2 Å². The highest BCUT2D eigenvalue weighted by atomic mass is 15.0. The molecule has 0 bridgehead atoms. The van der Waals surface area contributed by atoms with Crippen LogP contribution in [-0.4, -0.2) is 18.1 Å². The van der Waals surface area contributed by atoms with Crippen LogP contribution >= 0.6 is 0 Å². The third kappa shape index (κ3) is 4.78. The predicted octanol–water partition coefficient (Wildman–Crippen LogP) is 8.39. The van der Waals surface area contributed by atoms with Crippen LogP contribution in [0.3, 0.4) is 0 Å². The van der Waals surface area contributed by atoms with E-state index in [2.05, 4.69) is 139 Å². The molecule has 1 N–H and O–H groups in total. The van der Waals surface area contributed by atoms with E-state index >= 15 is 0 Å². The van der Waals surface area contributed by atoms with Crippen molar-refractivity contribution in [1.82, 2.24) is 5.32 Å². The first-order chi connectivity index (χ1) is 19.8. The summed E-state index contributed by atoms with van der Waals surface area (Å²) >= 11 is 0. The zero-order valence-electron chi connectivity index (χ0n) is 22.2. The summed E-state index contributed by atoms with van der Waals surface area (Å²) in [6.07, 6.45) is 7.14. The van der Waals surface area contributed by atoms with Crippen LogP contribution in [0.4, 0.5) is 0 Å². The second kappa shape index (κ2) is 10.6. The normalized spacial score (nSPS) is 16.6. The lowest BCUT2D eigenvalue weighted by molar-refractivity contribution is 0.753.